The van der Waals surface area contributed by atoms with E-state index in [1.165, 1.54) is 16.8 Å². The molecule has 0 aliphatic rings. The summed E-state index contributed by atoms with van der Waals surface area (Å²) < 4.78 is 23.9. The molecule has 0 aliphatic heterocycles. The van der Waals surface area contributed by atoms with Crippen LogP contribution in [0.1, 0.15) is 32.2 Å². The Hall–Kier alpha value is -3.02. The summed E-state index contributed by atoms with van der Waals surface area (Å²) in [5, 5.41) is 3.37. The van der Waals surface area contributed by atoms with Crippen LogP contribution in [-0.2, 0) is 20.1 Å². The monoisotopic (exact) mass is 754 g/mol. The number of aryl methyl sites for hydroxylation is 1. The van der Waals surface area contributed by atoms with E-state index in [0.717, 1.165) is 48.3 Å². The van der Waals surface area contributed by atoms with E-state index >= 15 is 0 Å². The third-order valence-corrected chi connectivity index (χ3v) is 10.2. The minimum Gasteiger partial charge on any atom is -0.305 e. The van der Waals surface area contributed by atoms with Gasteiger partial charge < -0.3 is 9.97 Å². The summed E-state index contributed by atoms with van der Waals surface area (Å²) in [5.74, 6) is -0.915. The zero-order valence-electron chi connectivity index (χ0n) is 25.1. The summed E-state index contributed by atoms with van der Waals surface area (Å²) in [6, 6.07) is 29.2. The molecule has 3 aromatic carbocycles. The van der Waals surface area contributed by atoms with Crippen LogP contribution >= 0.6 is 11.3 Å². The van der Waals surface area contributed by atoms with Gasteiger partial charge >= 0.3 is 0 Å². The molecule has 3 heterocycles. The molecule has 211 valence electrons. The standard InChI is InChI=1S/C20H15FNS.C15H18NSi.Ir/c1-12(2)13-8-9-22-18(10-13)16-5-3-4-15-17-11-14(21)6-7-19(17)23-20(15)16;1-12-10-14(13-8-6-5-7-9-13)16-11-15(12)17(2,3)4;/h3-4,6-12H,1-2H3;5-8,10-11H,1-4H3;/q2*-1;/i12D;;. The van der Waals surface area contributed by atoms with Gasteiger partial charge in [-0.25, -0.2) is 4.39 Å². The number of hydrogen-bond acceptors (Lipinski definition) is 3. The number of benzene rings is 3. The molecule has 6 heteroatoms. The maximum atomic E-state index is 13.6. The summed E-state index contributed by atoms with van der Waals surface area (Å²) in [7, 11) is -1.27. The van der Waals surface area contributed by atoms with Crippen LogP contribution in [0.25, 0.3) is 42.7 Å². The number of hydrogen-bond donors (Lipinski definition) is 0. The molecule has 0 aliphatic carbocycles. The van der Waals surface area contributed by atoms with Crippen LogP contribution in [0.15, 0.2) is 85.2 Å². The predicted molar refractivity (Wildman–Crippen MR) is 172 cm³/mol. The van der Waals surface area contributed by atoms with Gasteiger partial charge in [0.15, 0.2) is 0 Å². The van der Waals surface area contributed by atoms with Crippen LogP contribution in [0.5, 0.6) is 0 Å². The number of rotatable bonds is 4. The van der Waals surface area contributed by atoms with E-state index in [4.69, 9.17) is 1.37 Å². The normalized spacial score (nSPS) is 11.9. The van der Waals surface area contributed by atoms with Crippen molar-refractivity contribution in [3.63, 3.8) is 0 Å². The second kappa shape index (κ2) is 12.9. The van der Waals surface area contributed by atoms with E-state index in [2.05, 4.69) is 67.0 Å². The molecule has 0 atom stereocenters. The van der Waals surface area contributed by atoms with E-state index in [-0.39, 0.29) is 25.9 Å². The molecule has 0 N–H and O–H groups in total. The zero-order chi connectivity index (χ0) is 29.4. The second-order valence-corrected chi connectivity index (χ2v) is 17.3. The van der Waals surface area contributed by atoms with E-state index < -0.39 is 14.0 Å². The first-order chi connectivity index (χ1) is 19.4. The molecule has 0 bridgehead atoms. The Morgan fingerprint density at radius 2 is 1.71 bits per heavy atom. The van der Waals surface area contributed by atoms with Crippen molar-refractivity contribution in [3.8, 4) is 22.5 Å². The van der Waals surface area contributed by atoms with Crippen molar-refractivity contribution < 1.29 is 25.9 Å². The number of pyridine rings is 2. The van der Waals surface area contributed by atoms with Crippen molar-refractivity contribution in [2.45, 2.75) is 46.3 Å². The molecular formula is C35H33FIrN2SSi-2. The fourth-order valence-corrected chi connectivity index (χ4v) is 7.72. The summed E-state index contributed by atoms with van der Waals surface area (Å²) in [4.78, 5) is 9.06. The largest absolute Gasteiger partial charge is 0.305 e. The maximum absolute atomic E-state index is 13.6. The number of nitrogens with zero attached hydrogens (tertiary/aromatic N) is 2. The molecule has 0 amide bonds. The van der Waals surface area contributed by atoms with Crippen LogP contribution < -0.4 is 5.19 Å². The fraction of sp³-hybridized carbons (Fsp3) is 0.200. The number of fused-ring (bicyclic) bond motifs is 3. The molecule has 0 unspecified atom stereocenters. The predicted octanol–water partition coefficient (Wildman–Crippen LogP) is 9.58. The Morgan fingerprint density at radius 1 is 0.902 bits per heavy atom. The second-order valence-electron chi connectivity index (χ2n) is 11.2. The van der Waals surface area contributed by atoms with Crippen LogP contribution in [0.3, 0.4) is 0 Å². The third kappa shape index (κ3) is 6.90. The molecule has 3 aromatic heterocycles. The number of thiophene rings is 1. The summed E-state index contributed by atoms with van der Waals surface area (Å²) in [6.45, 7) is 13.0. The molecule has 1 radical (unpaired) electrons. The fourth-order valence-electron chi connectivity index (χ4n) is 4.82. The van der Waals surface area contributed by atoms with Gasteiger partial charge in [-0.3, -0.25) is 0 Å². The average molecular weight is 754 g/mol. The molecule has 0 saturated carbocycles. The van der Waals surface area contributed by atoms with Gasteiger partial charge in [0.05, 0.1) is 8.07 Å². The molecule has 41 heavy (non-hydrogen) atoms. The van der Waals surface area contributed by atoms with Gasteiger partial charge in [0.2, 0.25) is 0 Å². The van der Waals surface area contributed by atoms with E-state index in [1.54, 1.807) is 23.6 Å². The molecule has 6 rings (SSSR count). The van der Waals surface area contributed by atoms with Gasteiger partial charge in [-0.05, 0) is 63.7 Å². The Bertz CT molecular complexity index is 1840. The quantitative estimate of drug-likeness (QED) is 0.133. The van der Waals surface area contributed by atoms with E-state index in [9.17, 15) is 4.39 Å². The maximum Gasteiger partial charge on any atom is 0.123 e. The Morgan fingerprint density at radius 3 is 2.39 bits per heavy atom. The number of aromatic nitrogens is 2. The van der Waals surface area contributed by atoms with Crippen LogP contribution in [-0.4, -0.2) is 18.0 Å². The molecule has 2 nitrogen and oxygen atoms in total. The Labute approximate surface area is 262 Å². The molecule has 0 fully saturated rings. The van der Waals surface area contributed by atoms with Crippen molar-refractivity contribution in [1.29, 1.82) is 0 Å². The van der Waals surface area contributed by atoms with Crippen LogP contribution in [0.4, 0.5) is 4.39 Å². The molecule has 0 spiro atoms. The Kier molecular flexibility index (Phi) is 9.25. The minimum absolute atomic E-state index is 0. The van der Waals surface area contributed by atoms with Crippen molar-refractivity contribution in [2.75, 3.05) is 0 Å². The van der Waals surface area contributed by atoms with Gasteiger partial charge in [-0.2, -0.15) is 11.3 Å². The average Bonchev–Trinajstić information content (AvgIpc) is 3.31. The van der Waals surface area contributed by atoms with Gasteiger partial charge in [0.1, 0.15) is 5.82 Å². The number of halogens is 1. The topological polar surface area (TPSA) is 25.8 Å². The minimum atomic E-state index is -1.27. The summed E-state index contributed by atoms with van der Waals surface area (Å²) in [6.07, 6.45) is 3.79. The molecule has 0 saturated heterocycles. The van der Waals surface area contributed by atoms with Gasteiger partial charge in [0.25, 0.3) is 0 Å². The Balaban J connectivity index is 0.000000200. The van der Waals surface area contributed by atoms with Gasteiger partial charge in [-0.1, -0.05) is 62.1 Å². The van der Waals surface area contributed by atoms with E-state index in [0.29, 0.717) is 0 Å². The summed E-state index contributed by atoms with van der Waals surface area (Å²) >= 11 is 1.62. The van der Waals surface area contributed by atoms with Crippen LogP contribution in [0.2, 0.25) is 19.6 Å². The first kappa shape index (κ1) is 29.5. The molecular weight excluding hydrogens is 720 g/mol. The summed E-state index contributed by atoms with van der Waals surface area (Å²) in [5.41, 5.74) is 6.05. The van der Waals surface area contributed by atoms with Gasteiger partial charge in [0, 0.05) is 38.6 Å². The van der Waals surface area contributed by atoms with E-state index in [1.807, 2.05) is 62.4 Å². The van der Waals surface area contributed by atoms with Gasteiger partial charge in [-0.15, -0.1) is 59.7 Å². The van der Waals surface area contributed by atoms with Crippen LogP contribution in [0, 0.1) is 24.9 Å². The van der Waals surface area contributed by atoms with Crippen molar-refractivity contribution >= 4 is 44.8 Å². The molecule has 6 aromatic rings. The van der Waals surface area contributed by atoms with Crippen molar-refractivity contribution in [2.24, 2.45) is 0 Å². The first-order valence-corrected chi connectivity index (χ1v) is 17.7. The first-order valence-electron chi connectivity index (χ1n) is 13.9. The van der Waals surface area contributed by atoms with Crippen molar-refractivity contribution in [3.05, 3.63) is 114 Å². The van der Waals surface area contributed by atoms with Crippen molar-refractivity contribution in [1.82, 2.24) is 9.97 Å². The smallest absolute Gasteiger partial charge is 0.123 e. The SMILES string of the molecule is Cc1cc(-c2[c-]cccc2)ncc1[Si](C)(C)C.[2H]C(C)(C)c1ccnc(-c2[c-]ccc3c2sc2ccc(F)cc23)c1.[Ir]. The zero-order valence-corrected chi connectivity index (χ0v) is 28.3. The third-order valence-electron chi connectivity index (χ3n) is 6.89.